The van der Waals surface area contributed by atoms with Gasteiger partial charge in [0.1, 0.15) is 0 Å². The maximum Gasteiger partial charge on any atom is 0.375 e. The van der Waals surface area contributed by atoms with Crippen LogP contribution in [-0.2, 0) is 23.4 Å². The zero-order chi connectivity index (χ0) is 14.8. The summed E-state index contributed by atoms with van der Waals surface area (Å²) in [6.07, 6.45) is 0.463. The first kappa shape index (κ1) is 15.1. The van der Waals surface area contributed by atoms with Gasteiger partial charge in [0, 0.05) is 13.1 Å². The number of ether oxygens (including phenoxy) is 2. The second kappa shape index (κ2) is 5.97. The molecule has 0 saturated heterocycles. The minimum absolute atomic E-state index is 0.0284. The van der Waals surface area contributed by atoms with Crippen molar-refractivity contribution in [3.63, 3.8) is 0 Å². The minimum atomic E-state index is -4.65. The van der Waals surface area contributed by atoms with Gasteiger partial charge in [-0.15, -0.1) is 0 Å². The zero-order valence-electron chi connectivity index (χ0n) is 11.6. The van der Waals surface area contributed by atoms with Crippen LogP contribution in [0.4, 0.5) is 3.89 Å². The molecule has 0 amide bonds. The molecule has 2 rings (SSSR count). The summed E-state index contributed by atoms with van der Waals surface area (Å²) in [5.74, 6) is 1.20. The molecule has 0 bridgehead atoms. The lowest BCUT2D eigenvalue weighted by atomic mass is 10.0. The van der Waals surface area contributed by atoms with Crippen LogP contribution in [0, 0.1) is 0 Å². The van der Waals surface area contributed by atoms with Crippen LogP contribution in [0.3, 0.4) is 0 Å². The number of benzene rings is 1. The van der Waals surface area contributed by atoms with Crippen molar-refractivity contribution in [1.29, 1.82) is 0 Å². The molecule has 0 fully saturated rings. The molecule has 0 aliphatic carbocycles. The van der Waals surface area contributed by atoms with Gasteiger partial charge in [0.15, 0.2) is 11.5 Å². The van der Waals surface area contributed by atoms with Gasteiger partial charge in [-0.3, -0.25) is 0 Å². The van der Waals surface area contributed by atoms with E-state index < -0.39 is 10.4 Å². The van der Waals surface area contributed by atoms with Gasteiger partial charge in [-0.2, -0.15) is 12.7 Å². The summed E-state index contributed by atoms with van der Waals surface area (Å²) in [4.78, 5) is 0. The van der Waals surface area contributed by atoms with Gasteiger partial charge in [-0.05, 0) is 43.5 Å². The van der Waals surface area contributed by atoms with Gasteiger partial charge in [-0.25, -0.2) is 0 Å². The van der Waals surface area contributed by atoms with Crippen molar-refractivity contribution in [1.82, 2.24) is 4.31 Å². The predicted octanol–water partition coefficient (Wildman–Crippen LogP) is 2.06. The third-order valence-electron chi connectivity index (χ3n) is 3.15. The Labute approximate surface area is 118 Å². The Morgan fingerprint density at radius 1 is 1.15 bits per heavy atom. The fourth-order valence-corrected chi connectivity index (χ4v) is 2.86. The number of halogens is 1. The summed E-state index contributed by atoms with van der Waals surface area (Å²) in [5.41, 5.74) is 1.72. The maximum absolute atomic E-state index is 13.1. The summed E-state index contributed by atoms with van der Waals surface area (Å²) < 4.78 is 46.9. The molecule has 0 radical (unpaired) electrons. The topological polar surface area (TPSA) is 55.8 Å². The van der Waals surface area contributed by atoms with Crippen molar-refractivity contribution in [3.8, 4) is 11.5 Å². The third-order valence-corrected chi connectivity index (χ3v) is 4.08. The van der Waals surface area contributed by atoms with E-state index >= 15 is 0 Å². The fraction of sp³-hybridized carbons (Fsp3) is 0.538. The van der Waals surface area contributed by atoms with Crippen molar-refractivity contribution >= 4 is 10.4 Å². The second-order valence-electron chi connectivity index (χ2n) is 4.46. The third kappa shape index (κ3) is 3.21. The van der Waals surface area contributed by atoms with Crippen LogP contribution in [0.5, 0.6) is 11.5 Å². The van der Waals surface area contributed by atoms with Crippen molar-refractivity contribution in [2.45, 2.75) is 26.8 Å². The quantitative estimate of drug-likeness (QED) is 0.781. The molecule has 1 aromatic carbocycles. The molecule has 0 spiro atoms. The summed E-state index contributed by atoms with van der Waals surface area (Å²) >= 11 is 0. The maximum atomic E-state index is 13.1. The number of fused-ring (bicyclic) bond motifs is 1. The van der Waals surface area contributed by atoms with Gasteiger partial charge >= 0.3 is 10.4 Å². The Morgan fingerprint density at radius 2 is 1.70 bits per heavy atom. The van der Waals surface area contributed by atoms with E-state index in [-0.39, 0.29) is 13.1 Å². The molecule has 0 unspecified atom stereocenters. The number of rotatable bonds is 5. The summed E-state index contributed by atoms with van der Waals surface area (Å²) in [7, 11) is -4.65. The first-order valence-electron chi connectivity index (χ1n) is 6.56. The van der Waals surface area contributed by atoms with Gasteiger partial charge in [0.05, 0.1) is 13.2 Å². The van der Waals surface area contributed by atoms with Crippen LogP contribution in [0.25, 0.3) is 0 Å². The van der Waals surface area contributed by atoms with E-state index in [4.69, 9.17) is 9.47 Å². The van der Waals surface area contributed by atoms with Gasteiger partial charge in [-0.1, -0.05) is 3.89 Å². The highest BCUT2D eigenvalue weighted by Gasteiger charge is 2.27. The summed E-state index contributed by atoms with van der Waals surface area (Å²) in [6, 6.07) is 3.59. The minimum Gasteiger partial charge on any atom is -0.490 e. The number of hydrogen-bond acceptors (Lipinski definition) is 4. The molecule has 112 valence electrons. The molecule has 0 saturated carbocycles. The predicted molar refractivity (Wildman–Crippen MR) is 72.9 cm³/mol. The van der Waals surface area contributed by atoms with Gasteiger partial charge in [0.25, 0.3) is 0 Å². The van der Waals surface area contributed by atoms with Crippen molar-refractivity contribution in [2.24, 2.45) is 0 Å². The first-order chi connectivity index (χ1) is 9.45. The van der Waals surface area contributed by atoms with Crippen LogP contribution >= 0.6 is 0 Å². The van der Waals surface area contributed by atoms with Gasteiger partial charge in [0.2, 0.25) is 0 Å². The summed E-state index contributed by atoms with van der Waals surface area (Å²) in [6.45, 7) is 4.90. The number of nitrogens with zero attached hydrogens (tertiary/aromatic N) is 1. The molecule has 0 atom stereocenters. The lowest BCUT2D eigenvalue weighted by Crippen LogP contribution is -2.33. The fourth-order valence-electron chi connectivity index (χ4n) is 2.26. The normalized spacial score (nSPS) is 15.8. The van der Waals surface area contributed by atoms with E-state index in [1.807, 2.05) is 19.9 Å². The molecular weight excluding hydrogens is 285 g/mol. The Balaban J connectivity index is 2.35. The Bertz CT molecular complexity index is 588. The Hall–Kier alpha value is -1.34. The summed E-state index contributed by atoms with van der Waals surface area (Å²) in [5, 5.41) is 0. The second-order valence-corrected chi connectivity index (χ2v) is 5.80. The molecule has 5 nitrogen and oxygen atoms in total. The molecule has 1 heterocycles. The van der Waals surface area contributed by atoms with E-state index in [0.29, 0.717) is 31.1 Å². The molecule has 1 aromatic rings. The highest BCUT2D eigenvalue weighted by atomic mass is 32.3. The van der Waals surface area contributed by atoms with E-state index in [9.17, 15) is 12.3 Å². The number of hydrogen-bond donors (Lipinski definition) is 0. The molecule has 20 heavy (non-hydrogen) atoms. The van der Waals surface area contributed by atoms with E-state index in [0.717, 1.165) is 15.4 Å². The first-order valence-corrected chi connectivity index (χ1v) is 7.90. The van der Waals surface area contributed by atoms with Crippen molar-refractivity contribution in [3.05, 3.63) is 23.3 Å². The van der Waals surface area contributed by atoms with Crippen molar-refractivity contribution in [2.75, 3.05) is 19.8 Å². The highest BCUT2D eigenvalue weighted by Crippen LogP contribution is 2.34. The zero-order valence-corrected chi connectivity index (χ0v) is 12.4. The smallest absolute Gasteiger partial charge is 0.375 e. The van der Waals surface area contributed by atoms with Crippen molar-refractivity contribution < 1.29 is 21.8 Å². The van der Waals surface area contributed by atoms with Crippen LogP contribution < -0.4 is 9.47 Å². The molecule has 0 N–H and O–H groups in total. The lowest BCUT2D eigenvalue weighted by Gasteiger charge is -2.26. The monoisotopic (exact) mass is 303 g/mol. The van der Waals surface area contributed by atoms with Crippen LogP contribution in [0.15, 0.2) is 12.1 Å². The molecule has 7 heteroatoms. The standard InChI is InChI=1S/C13H18FNO4S/c1-3-18-12-7-10-5-6-15(20(14,16)17)9-11(10)8-13(12)19-4-2/h7-8H,3-6,9H2,1-2H3. The molecule has 1 aliphatic heterocycles. The van der Waals surface area contributed by atoms with Gasteiger partial charge < -0.3 is 9.47 Å². The lowest BCUT2D eigenvalue weighted by molar-refractivity contribution is 0.285. The Kier molecular flexibility index (Phi) is 4.49. The van der Waals surface area contributed by atoms with Crippen LogP contribution in [0.2, 0.25) is 0 Å². The average Bonchev–Trinajstić information content (AvgIpc) is 2.38. The molecular formula is C13H18FNO4S. The average molecular weight is 303 g/mol. The molecule has 1 aliphatic rings. The van der Waals surface area contributed by atoms with Crippen LogP contribution in [0.1, 0.15) is 25.0 Å². The van der Waals surface area contributed by atoms with E-state index in [2.05, 4.69) is 0 Å². The highest BCUT2D eigenvalue weighted by molar-refractivity contribution is 7.83. The largest absolute Gasteiger partial charge is 0.490 e. The SMILES string of the molecule is CCOc1cc2c(cc1OCC)CN(S(=O)(=O)F)CC2. The Morgan fingerprint density at radius 3 is 2.20 bits per heavy atom. The van der Waals surface area contributed by atoms with E-state index in [1.165, 1.54) is 0 Å². The van der Waals surface area contributed by atoms with E-state index in [1.54, 1.807) is 6.07 Å². The van der Waals surface area contributed by atoms with Crippen LogP contribution in [-0.4, -0.2) is 32.5 Å². The molecule has 0 aromatic heterocycles.